The Kier molecular flexibility index (Phi) is 15.8. The van der Waals surface area contributed by atoms with Crippen molar-refractivity contribution in [2.24, 2.45) is 0 Å². The van der Waals surface area contributed by atoms with Gasteiger partial charge in [0.05, 0.1) is 0 Å². The molecule has 0 aromatic heterocycles. The van der Waals surface area contributed by atoms with Gasteiger partial charge in [-0.1, -0.05) is 0 Å². The molecule has 0 heterocycles. The fourth-order valence-corrected chi connectivity index (χ4v) is 0.0598. The molecular weight excluding hydrogens is 118 g/mol. The molecular formula is CH4FNaO2S. The Morgan fingerprint density at radius 3 is 2.33 bits per heavy atom. The fraction of sp³-hybridized carbons (Fsp3) is 1.00. The molecule has 0 aromatic rings. The van der Waals surface area contributed by atoms with Gasteiger partial charge in [-0.05, 0) is 0 Å². The quantitative estimate of drug-likeness (QED) is 0.381. The normalized spacial score (nSPS) is 6.83. The molecule has 2 nitrogen and oxygen atoms in total. The van der Waals surface area contributed by atoms with Crippen LogP contribution in [0.25, 0.3) is 0 Å². The summed E-state index contributed by atoms with van der Waals surface area (Å²) in [5, 5.41) is 0. The van der Waals surface area contributed by atoms with Crippen molar-refractivity contribution in [1.29, 1.82) is 0 Å². The Balaban J connectivity index is 0. The fourth-order valence-electron chi connectivity index (χ4n) is 0.0199. The van der Waals surface area contributed by atoms with Crippen molar-refractivity contribution in [2.75, 3.05) is 6.86 Å². The van der Waals surface area contributed by atoms with E-state index in [4.69, 9.17) is 4.21 Å². The van der Waals surface area contributed by atoms with E-state index in [0.29, 0.717) is 0 Å². The van der Waals surface area contributed by atoms with Crippen LogP contribution in [-0.4, -0.2) is 40.6 Å². The van der Waals surface area contributed by atoms with E-state index < -0.39 is 18.8 Å². The zero-order valence-corrected chi connectivity index (χ0v) is 3.24. The standard InChI is InChI=1S/CH3FO2S.Na.H/c2-1-4-5-3;;/h5H,1H2;;. The summed E-state index contributed by atoms with van der Waals surface area (Å²) in [4.78, 5) is 0. The van der Waals surface area contributed by atoms with E-state index in [0.717, 1.165) is 0 Å². The van der Waals surface area contributed by atoms with Crippen LogP contribution < -0.4 is 0 Å². The molecule has 0 aliphatic rings. The van der Waals surface area contributed by atoms with Crippen LogP contribution in [-0.2, 0) is 16.1 Å². The molecule has 0 unspecified atom stereocenters. The number of halogens is 1. The van der Waals surface area contributed by atoms with Crippen molar-refractivity contribution >= 4 is 41.5 Å². The van der Waals surface area contributed by atoms with Gasteiger partial charge in [-0.3, -0.25) is 4.18 Å². The summed E-state index contributed by atoms with van der Waals surface area (Å²) in [6.07, 6.45) is 0. The average Bonchev–Trinajstić information content (AvgIpc) is 1.41. The molecule has 0 aliphatic carbocycles. The Labute approximate surface area is 61.0 Å². The molecule has 0 N–H and O–H groups in total. The molecule has 0 radical (unpaired) electrons. The first kappa shape index (κ1) is 10.1. The molecule has 0 atom stereocenters. The minimum absolute atomic E-state index is 0. The number of hydrogen-bond donors (Lipinski definition) is 1. The molecule has 0 bridgehead atoms. The summed E-state index contributed by atoms with van der Waals surface area (Å²) >= 11 is -0.595. The second kappa shape index (κ2) is 9.40. The van der Waals surface area contributed by atoms with Crippen LogP contribution in [0.1, 0.15) is 0 Å². The molecule has 0 saturated heterocycles. The van der Waals surface area contributed by atoms with Gasteiger partial charge in [0.25, 0.3) is 0 Å². The third kappa shape index (κ3) is 8.90. The van der Waals surface area contributed by atoms with Crippen molar-refractivity contribution in [3.63, 3.8) is 0 Å². The van der Waals surface area contributed by atoms with Gasteiger partial charge in [0.15, 0.2) is 0 Å². The van der Waals surface area contributed by atoms with Crippen molar-refractivity contribution in [1.82, 2.24) is 0 Å². The summed E-state index contributed by atoms with van der Waals surface area (Å²) in [6.45, 7) is -0.981. The van der Waals surface area contributed by atoms with Crippen LogP contribution in [0.5, 0.6) is 0 Å². The van der Waals surface area contributed by atoms with Crippen molar-refractivity contribution in [3.8, 4) is 0 Å². The topological polar surface area (TPSA) is 26.3 Å². The van der Waals surface area contributed by atoms with Crippen LogP contribution in [0, 0.1) is 0 Å². The predicted octanol–water partition coefficient (Wildman–Crippen LogP) is -0.858. The van der Waals surface area contributed by atoms with Gasteiger partial charge in [-0.25, -0.2) is 8.60 Å². The summed E-state index contributed by atoms with van der Waals surface area (Å²) in [5.74, 6) is 0. The van der Waals surface area contributed by atoms with Gasteiger partial charge < -0.3 is 0 Å². The van der Waals surface area contributed by atoms with Gasteiger partial charge in [0.1, 0.15) is 11.9 Å². The minimum atomic E-state index is -0.981. The van der Waals surface area contributed by atoms with Gasteiger partial charge in [-0.15, -0.1) is 0 Å². The number of thiol groups is 1. The molecule has 0 amide bonds. The number of hydrogen-bond acceptors (Lipinski definition) is 2. The van der Waals surface area contributed by atoms with Crippen LogP contribution in [0.4, 0.5) is 4.39 Å². The van der Waals surface area contributed by atoms with Crippen LogP contribution in [0.15, 0.2) is 0 Å². The summed E-state index contributed by atoms with van der Waals surface area (Å²) in [5.41, 5.74) is 0. The monoisotopic (exact) mass is 122 g/mol. The molecule has 0 fully saturated rings. The zero-order valence-electron chi connectivity index (χ0n) is 2.35. The average molecular weight is 122 g/mol. The molecule has 5 heteroatoms. The molecule has 0 rings (SSSR count). The maximum absolute atomic E-state index is 10.6. The van der Waals surface area contributed by atoms with E-state index in [1.165, 1.54) is 0 Å². The third-order valence-corrected chi connectivity index (χ3v) is 0.304. The van der Waals surface area contributed by atoms with Crippen LogP contribution in [0.3, 0.4) is 0 Å². The van der Waals surface area contributed by atoms with Crippen molar-refractivity contribution in [3.05, 3.63) is 0 Å². The molecule has 34 valence electrons. The van der Waals surface area contributed by atoms with E-state index >= 15 is 0 Å². The summed E-state index contributed by atoms with van der Waals surface area (Å²) < 4.78 is 23.2. The first-order valence-electron chi connectivity index (χ1n) is 0.921. The van der Waals surface area contributed by atoms with E-state index in [1.54, 1.807) is 0 Å². The van der Waals surface area contributed by atoms with E-state index in [2.05, 4.69) is 4.18 Å². The molecule has 6 heavy (non-hydrogen) atoms. The molecule has 0 spiro atoms. The second-order valence-electron chi connectivity index (χ2n) is 0.313. The van der Waals surface area contributed by atoms with Crippen LogP contribution >= 0.6 is 0 Å². The Morgan fingerprint density at radius 2 is 2.33 bits per heavy atom. The third-order valence-electron chi connectivity index (χ3n) is 0.101. The number of rotatable bonds is 2. The van der Waals surface area contributed by atoms with E-state index in [9.17, 15) is 4.39 Å². The van der Waals surface area contributed by atoms with Gasteiger partial charge in [0, 0.05) is 0 Å². The van der Waals surface area contributed by atoms with Crippen LogP contribution in [0.2, 0.25) is 0 Å². The Bertz CT molecular complexity index is 34.7. The van der Waals surface area contributed by atoms with Gasteiger partial charge in [0.2, 0.25) is 6.86 Å². The SMILES string of the molecule is O=[SH]OCF.[NaH]. The maximum atomic E-state index is 10.6. The summed E-state index contributed by atoms with van der Waals surface area (Å²) in [6, 6.07) is 0. The van der Waals surface area contributed by atoms with Gasteiger partial charge >= 0.3 is 29.6 Å². The van der Waals surface area contributed by atoms with E-state index in [1.807, 2.05) is 0 Å². The molecule has 0 saturated carbocycles. The summed E-state index contributed by atoms with van der Waals surface area (Å²) in [7, 11) is 0. The Morgan fingerprint density at radius 1 is 1.83 bits per heavy atom. The predicted molar refractivity (Wildman–Crippen MR) is 23.7 cm³/mol. The Hall–Kier alpha value is 1.04. The van der Waals surface area contributed by atoms with Crippen molar-refractivity contribution in [2.45, 2.75) is 0 Å². The zero-order chi connectivity index (χ0) is 4.12. The number of alkyl halides is 1. The molecule has 0 aromatic carbocycles. The second-order valence-corrected chi connectivity index (χ2v) is 0.720. The first-order valence-corrected chi connectivity index (χ1v) is 1.65. The molecule has 0 aliphatic heterocycles. The van der Waals surface area contributed by atoms with Crippen molar-refractivity contribution < 1.29 is 12.8 Å². The van der Waals surface area contributed by atoms with E-state index in [-0.39, 0.29) is 29.6 Å². The van der Waals surface area contributed by atoms with Gasteiger partial charge in [-0.2, -0.15) is 0 Å². The first-order chi connectivity index (χ1) is 2.41.